The van der Waals surface area contributed by atoms with E-state index in [-0.39, 0.29) is 5.38 Å². The van der Waals surface area contributed by atoms with Gasteiger partial charge in [-0.05, 0) is 43.9 Å². The van der Waals surface area contributed by atoms with E-state index in [1.807, 2.05) is 6.92 Å². The van der Waals surface area contributed by atoms with Crippen molar-refractivity contribution in [1.29, 1.82) is 0 Å². The molecule has 16 heavy (non-hydrogen) atoms. The van der Waals surface area contributed by atoms with E-state index in [4.69, 9.17) is 11.6 Å². The fourth-order valence-corrected chi connectivity index (χ4v) is 4.40. The van der Waals surface area contributed by atoms with Crippen LogP contribution in [0.2, 0.25) is 0 Å². The molecule has 4 atom stereocenters. The lowest BCUT2D eigenvalue weighted by molar-refractivity contribution is 0.331. The zero-order chi connectivity index (χ0) is 11.1. The molecule has 1 heterocycles. The fraction of sp³-hybridized carbons (Fsp3) is 0.833. The largest absolute Gasteiger partial charge is 0.143 e. The Balaban J connectivity index is 1.65. The van der Waals surface area contributed by atoms with Crippen LogP contribution in [0, 0.1) is 17.8 Å². The average Bonchev–Trinajstić information content (AvgIpc) is 2.91. The van der Waals surface area contributed by atoms with Crippen LogP contribution in [0.3, 0.4) is 0 Å². The highest BCUT2D eigenvalue weighted by Gasteiger charge is 2.39. The Morgan fingerprint density at radius 1 is 1.38 bits per heavy atom. The molecule has 2 aliphatic rings. The zero-order valence-corrected chi connectivity index (χ0v) is 11.1. The van der Waals surface area contributed by atoms with Crippen LogP contribution in [0.5, 0.6) is 0 Å². The van der Waals surface area contributed by atoms with E-state index in [1.54, 1.807) is 11.3 Å². The van der Waals surface area contributed by atoms with Crippen molar-refractivity contribution in [1.82, 2.24) is 10.2 Å². The summed E-state index contributed by atoms with van der Waals surface area (Å²) in [5.41, 5.74) is 0. The molecule has 4 heteroatoms. The lowest BCUT2D eigenvalue weighted by Crippen LogP contribution is -2.12. The molecule has 2 fully saturated rings. The van der Waals surface area contributed by atoms with Crippen LogP contribution in [0.25, 0.3) is 0 Å². The van der Waals surface area contributed by atoms with Crippen molar-refractivity contribution in [2.45, 2.75) is 44.4 Å². The fourth-order valence-electron chi connectivity index (χ4n) is 3.36. The van der Waals surface area contributed by atoms with Crippen molar-refractivity contribution in [3.05, 3.63) is 10.0 Å². The number of nitrogens with zero attached hydrogens (tertiary/aromatic N) is 2. The van der Waals surface area contributed by atoms with E-state index < -0.39 is 0 Å². The second-order valence-corrected chi connectivity index (χ2v) is 7.04. The van der Waals surface area contributed by atoms with Crippen LogP contribution in [-0.4, -0.2) is 10.2 Å². The first-order valence-corrected chi connectivity index (χ1v) is 7.44. The summed E-state index contributed by atoms with van der Waals surface area (Å²) in [6.07, 6.45) is 6.97. The van der Waals surface area contributed by atoms with Crippen LogP contribution in [-0.2, 0) is 6.42 Å². The highest BCUT2D eigenvalue weighted by Crippen LogP contribution is 2.49. The minimum absolute atomic E-state index is 0.00581. The summed E-state index contributed by atoms with van der Waals surface area (Å²) < 4.78 is 0. The maximum Gasteiger partial charge on any atom is 0.135 e. The first-order chi connectivity index (χ1) is 7.72. The summed E-state index contributed by atoms with van der Waals surface area (Å²) in [5.74, 6) is 2.88. The first kappa shape index (κ1) is 11.0. The molecule has 0 radical (unpaired) electrons. The van der Waals surface area contributed by atoms with Crippen molar-refractivity contribution in [3.8, 4) is 0 Å². The third kappa shape index (κ3) is 2.00. The number of hydrogen-bond donors (Lipinski definition) is 0. The van der Waals surface area contributed by atoms with E-state index in [2.05, 4.69) is 10.2 Å². The molecule has 0 amide bonds. The predicted molar refractivity (Wildman–Crippen MR) is 66.8 cm³/mol. The maximum atomic E-state index is 6.00. The van der Waals surface area contributed by atoms with Gasteiger partial charge in [0, 0.05) is 6.42 Å². The Hall–Kier alpha value is -0.150. The molecular formula is C12H17ClN2S. The van der Waals surface area contributed by atoms with Gasteiger partial charge in [-0.3, -0.25) is 0 Å². The highest BCUT2D eigenvalue weighted by atomic mass is 35.5. The normalized spacial score (nSPS) is 34.5. The smallest absolute Gasteiger partial charge is 0.135 e. The molecule has 2 nitrogen and oxygen atoms in total. The molecule has 3 rings (SSSR count). The van der Waals surface area contributed by atoms with Crippen LogP contribution in [0.15, 0.2) is 0 Å². The second kappa shape index (κ2) is 4.26. The number of aromatic nitrogens is 2. The van der Waals surface area contributed by atoms with E-state index in [1.165, 1.54) is 30.7 Å². The molecule has 2 bridgehead atoms. The zero-order valence-electron chi connectivity index (χ0n) is 9.53. The summed E-state index contributed by atoms with van der Waals surface area (Å²) in [6.45, 7) is 1.96. The van der Waals surface area contributed by atoms with Gasteiger partial charge in [-0.2, -0.15) is 0 Å². The number of fused-ring (bicyclic) bond motifs is 2. The Kier molecular flexibility index (Phi) is 2.92. The summed E-state index contributed by atoms with van der Waals surface area (Å²) in [7, 11) is 0. The number of alkyl halides is 1. The molecule has 1 aromatic heterocycles. The lowest BCUT2D eigenvalue weighted by atomic mass is 9.87. The molecular weight excluding hydrogens is 240 g/mol. The quantitative estimate of drug-likeness (QED) is 0.769. The SMILES string of the molecule is CC(Cl)c1nnc(CC2CC3CCC2C3)s1. The standard InChI is InChI=1S/C12H17ClN2S/c1-7(13)12-15-14-11(16-12)6-10-5-8-2-3-9(10)4-8/h7-10H,2-6H2,1H3. The van der Waals surface area contributed by atoms with Gasteiger partial charge in [0.1, 0.15) is 10.0 Å². The second-order valence-electron chi connectivity index (χ2n) is 5.29. The summed E-state index contributed by atoms with van der Waals surface area (Å²) in [4.78, 5) is 0. The lowest BCUT2D eigenvalue weighted by Gasteiger charge is -2.19. The van der Waals surface area contributed by atoms with Crippen molar-refractivity contribution in [3.63, 3.8) is 0 Å². The van der Waals surface area contributed by atoms with Crippen LogP contribution >= 0.6 is 22.9 Å². The molecule has 0 aliphatic heterocycles. The third-order valence-electron chi connectivity index (χ3n) is 4.14. The van der Waals surface area contributed by atoms with Gasteiger partial charge in [-0.15, -0.1) is 21.8 Å². The van der Waals surface area contributed by atoms with Gasteiger partial charge in [0.05, 0.1) is 5.38 Å². The van der Waals surface area contributed by atoms with Gasteiger partial charge in [0.15, 0.2) is 0 Å². The average molecular weight is 257 g/mol. The number of halogens is 1. The van der Waals surface area contributed by atoms with Crippen LogP contribution in [0.4, 0.5) is 0 Å². The molecule has 0 N–H and O–H groups in total. The topological polar surface area (TPSA) is 25.8 Å². The molecule has 0 saturated heterocycles. The van der Waals surface area contributed by atoms with Crippen molar-refractivity contribution < 1.29 is 0 Å². The van der Waals surface area contributed by atoms with Gasteiger partial charge in [0.2, 0.25) is 0 Å². The summed E-state index contributed by atoms with van der Waals surface area (Å²) in [5, 5.41) is 10.6. The number of rotatable bonds is 3. The van der Waals surface area contributed by atoms with Gasteiger partial charge >= 0.3 is 0 Å². The first-order valence-electron chi connectivity index (χ1n) is 6.18. The molecule has 2 saturated carbocycles. The minimum atomic E-state index is 0.00581. The molecule has 0 spiro atoms. The molecule has 88 valence electrons. The van der Waals surface area contributed by atoms with E-state index in [0.29, 0.717) is 0 Å². The van der Waals surface area contributed by atoms with Gasteiger partial charge < -0.3 is 0 Å². The Morgan fingerprint density at radius 2 is 2.25 bits per heavy atom. The minimum Gasteiger partial charge on any atom is -0.143 e. The van der Waals surface area contributed by atoms with Gasteiger partial charge in [-0.1, -0.05) is 17.8 Å². The third-order valence-corrected chi connectivity index (χ3v) is 5.61. The monoisotopic (exact) mass is 256 g/mol. The van der Waals surface area contributed by atoms with Crippen molar-refractivity contribution in [2.24, 2.45) is 17.8 Å². The summed E-state index contributed by atoms with van der Waals surface area (Å²) in [6, 6.07) is 0. The van der Waals surface area contributed by atoms with E-state index >= 15 is 0 Å². The Bertz CT molecular complexity index is 377. The van der Waals surface area contributed by atoms with E-state index in [9.17, 15) is 0 Å². The van der Waals surface area contributed by atoms with Gasteiger partial charge in [0.25, 0.3) is 0 Å². The van der Waals surface area contributed by atoms with Crippen molar-refractivity contribution >= 4 is 22.9 Å². The van der Waals surface area contributed by atoms with Gasteiger partial charge in [-0.25, -0.2) is 0 Å². The van der Waals surface area contributed by atoms with E-state index in [0.717, 1.165) is 29.2 Å². The molecule has 0 aromatic carbocycles. The molecule has 2 aliphatic carbocycles. The molecule has 4 unspecified atom stereocenters. The van der Waals surface area contributed by atoms with Crippen LogP contribution < -0.4 is 0 Å². The molecule has 1 aromatic rings. The highest BCUT2D eigenvalue weighted by molar-refractivity contribution is 7.11. The van der Waals surface area contributed by atoms with Crippen LogP contribution in [0.1, 0.15) is 48.0 Å². The predicted octanol–water partition coefficient (Wildman–Crippen LogP) is 3.82. The van der Waals surface area contributed by atoms with Crippen molar-refractivity contribution in [2.75, 3.05) is 0 Å². The number of hydrogen-bond acceptors (Lipinski definition) is 3. The maximum absolute atomic E-state index is 6.00. The summed E-state index contributed by atoms with van der Waals surface area (Å²) >= 11 is 7.71. The Morgan fingerprint density at radius 3 is 2.81 bits per heavy atom. The Labute approximate surface area is 105 Å².